The summed E-state index contributed by atoms with van der Waals surface area (Å²) in [6, 6.07) is 0. The van der Waals surface area contributed by atoms with Gasteiger partial charge in [0.05, 0.1) is 22.8 Å². The van der Waals surface area contributed by atoms with Crippen LogP contribution in [0.5, 0.6) is 0 Å². The van der Waals surface area contributed by atoms with Crippen molar-refractivity contribution in [2.45, 2.75) is 38.3 Å². The van der Waals surface area contributed by atoms with Gasteiger partial charge in [0.25, 0.3) is 0 Å². The van der Waals surface area contributed by atoms with Gasteiger partial charge in [-0.25, -0.2) is 4.98 Å². The van der Waals surface area contributed by atoms with Crippen molar-refractivity contribution in [1.82, 2.24) is 20.1 Å². The summed E-state index contributed by atoms with van der Waals surface area (Å²) in [7, 11) is 0. The van der Waals surface area contributed by atoms with Gasteiger partial charge in [0.2, 0.25) is 5.91 Å². The molecule has 3 fully saturated rings. The molecule has 5 nitrogen and oxygen atoms in total. The number of piperazine rings is 1. The third-order valence-corrected chi connectivity index (χ3v) is 6.08. The number of aromatic nitrogens is 1. The van der Waals surface area contributed by atoms with Crippen molar-refractivity contribution in [3.05, 3.63) is 16.1 Å². The van der Waals surface area contributed by atoms with Crippen LogP contribution in [0.3, 0.4) is 0 Å². The first-order valence-electron chi connectivity index (χ1n) is 8.28. The second kappa shape index (κ2) is 5.58. The number of hydrogen-bond donors (Lipinski definition) is 1. The Hall–Kier alpha value is -0.980. The molecular formula is C16H24N4OS. The van der Waals surface area contributed by atoms with Gasteiger partial charge in [-0.2, -0.15) is 0 Å². The molecule has 1 amide bonds. The molecule has 120 valence electrons. The van der Waals surface area contributed by atoms with Gasteiger partial charge in [-0.15, -0.1) is 11.3 Å². The van der Waals surface area contributed by atoms with Crippen molar-refractivity contribution in [1.29, 1.82) is 0 Å². The fourth-order valence-electron chi connectivity index (χ4n) is 3.83. The number of nitrogens with one attached hydrogen (secondary N) is 1. The average molecular weight is 320 g/mol. The number of thiazole rings is 1. The summed E-state index contributed by atoms with van der Waals surface area (Å²) in [6.45, 7) is 7.66. The number of amides is 1. The predicted molar refractivity (Wildman–Crippen MR) is 86.8 cm³/mol. The van der Waals surface area contributed by atoms with E-state index < -0.39 is 0 Å². The van der Waals surface area contributed by atoms with E-state index in [4.69, 9.17) is 0 Å². The van der Waals surface area contributed by atoms with E-state index in [0.29, 0.717) is 6.54 Å². The molecule has 1 aromatic heterocycles. The highest BCUT2D eigenvalue weighted by Gasteiger charge is 2.47. The third kappa shape index (κ3) is 2.92. The largest absolute Gasteiger partial charge is 0.353 e. The molecule has 0 unspecified atom stereocenters. The molecule has 2 saturated heterocycles. The fourth-order valence-corrected chi connectivity index (χ4v) is 4.43. The first-order chi connectivity index (χ1) is 10.6. The molecule has 2 aliphatic heterocycles. The van der Waals surface area contributed by atoms with Crippen LogP contribution >= 0.6 is 11.3 Å². The van der Waals surface area contributed by atoms with Gasteiger partial charge in [-0.05, 0) is 32.1 Å². The van der Waals surface area contributed by atoms with E-state index in [1.807, 2.05) is 0 Å². The molecule has 3 aliphatic rings. The van der Waals surface area contributed by atoms with Gasteiger partial charge in [-0.3, -0.25) is 14.6 Å². The van der Waals surface area contributed by atoms with Crippen molar-refractivity contribution in [2.75, 3.05) is 32.7 Å². The number of carbonyl (C=O) groups excluding carboxylic acids is 1. The van der Waals surface area contributed by atoms with Crippen molar-refractivity contribution in [2.24, 2.45) is 5.92 Å². The monoisotopic (exact) mass is 320 g/mol. The van der Waals surface area contributed by atoms with Crippen LogP contribution in [0, 0.1) is 12.8 Å². The summed E-state index contributed by atoms with van der Waals surface area (Å²) in [5.74, 6) is 1.03. The number of rotatable bonds is 4. The molecule has 3 heterocycles. The smallest absolute Gasteiger partial charge is 0.234 e. The molecule has 1 aliphatic carbocycles. The van der Waals surface area contributed by atoms with Crippen LogP contribution in [0.25, 0.3) is 0 Å². The van der Waals surface area contributed by atoms with Crippen molar-refractivity contribution in [3.8, 4) is 0 Å². The lowest BCUT2D eigenvalue weighted by Crippen LogP contribution is -2.64. The lowest BCUT2D eigenvalue weighted by molar-refractivity contribution is -0.128. The standard InChI is InChI=1S/C16H24N4OS/c1-12-18-14(9-22-12)7-19-5-4-16(11-19)10-17-15(21)8-20(16)6-13-2-3-13/h9,13H,2-8,10-11H2,1H3,(H,17,21)/t16-/m1/s1. The number of carbonyl (C=O) groups is 1. The zero-order valence-corrected chi connectivity index (χ0v) is 14.0. The number of hydrogen-bond acceptors (Lipinski definition) is 5. The number of nitrogens with zero attached hydrogens (tertiary/aromatic N) is 3. The summed E-state index contributed by atoms with van der Waals surface area (Å²) < 4.78 is 0. The third-order valence-electron chi connectivity index (χ3n) is 5.26. The molecule has 1 atom stereocenters. The van der Waals surface area contributed by atoms with E-state index in [2.05, 4.69) is 32.4 Å². The minimum absolute atomic E-state index is 0.154. The molecule has 4 rings (SSSR count). The quantitative estimate of drug-likeness (QED) is 0.907. The van der Waals surface area contributed by atoms with Crippen LogP contribution in [-0.4, -0.2) is 59.0 Å². The average Bonchev–Trinajstić information content (AvgIpc) is 3.07. The highest BCUT2D eigenvalue weighted by atomic mass is 32.1. The summed E-state index contributed by atoms with van der Waals surface area (Å²) >= 11 is 1.73. The molecule has 1 spiro atoms. The summed E-state index contributed by atoms with van der Waals surface area (Å²) in [4.78, 5) is 21.4. The lowest BCUT2D eigenvalue weighted by Gasteiger charge is -2.44. The Kier molecular flexibility index (Phi) is 3.71. The van der Waals surface area contributed by atoms with Gasteiger partial charge in [-0.1, -0.05) is 0 Å². The minimum atomic E-state index is 0.154. The van der Waals surface area contributed by atoms with E-state index in [-0.39, 0.29) is 11.4 Å². The van der Waals surface area contributed by atoms with Crippen LogP contribution in [-0.2, 0) is 11.3 Å². The molecule has 1 saturated carbocycles. The Morgan fingerprint density at radius 2 is 2.36 bits per heavy atom. The van der Waals surface area contributed by atoms with E-state index in [1.165, 1.54) is 18.5 Å². The number of aryl methyl sites for hydroxylation is 1. The zero-order chi connectivity index (χ0) is 15.2. The van der Waals surface area contributed by atoms with Crippen LogP contribution in [0.1, 0.15) is 30.0 Å². The van der Waals surface area contributed by atoms with Gasteiger partial charge in [0.15, 0.2) is 0 Å². The second-order valence-corrected chi connectivity index (χ2v) is 8.21. The molecular weight excluding hydrogens is 296 g/mol. The molecule has 0 aromatic carbocycles. The van der Waals surface area contributed by atoms with Crippen molar-refractivity contribution >= 4 is 17.2 Å². The lowest BCUT2D eigenvalue weighted by atomic mass is 9.93. The zero-order valence-electron chi connectivity index (χ0n) is 13.2. The maximum absolute atomic E-state index is 11.8. The molecule has 6 heteroatoms. The van der Waals surface area contributed by atoms with Crippen LogP contribution in [0.15, 0.2) is 5.38 Å². The Labute approximate surface area is 135 Å². The SMILES string of the molecule is Cc1nc(CN2CC[C@@]3(CNC(=O)CN3CC3CC3)C2)cs1. The highest BCUT2D eigenvalue weighted by molar-refractivity contribution is 7.09. The van der Waals surface area contributed by atoms with E-state index in [9.17, 15) is 4.79 Å². The van der Waals surface area contributed by atoms with Crippen LogP contribution in [0.2, 0.25) is 0 Å². The summed E-state index contributed by atoms with van der Waals surface area (Å²) in [6.07, 6.45) is 3.84. The minimum Gasteiger partial charge on any atom is -0.353 e. The normalized spacial score (nSPS) is 30.1. The molecule has 0 radical (unpaired) electrons. The molecule has 22 heavy (non-hydrogen) atoms. The first kappa shape index (κ1) is 14.6. The van der Waals surface area contributed by atoms with Crippen LogP contribution < -0.4 is 5.32 Å². The van der Waals surface area contributed by atoms with Crippen molar-refractivity contribution in [3.63, 3.8) is 0 Å². The Morgan fingerprint density at radius 1 is 1.50 bits per heavy atom. The van der Waals surface area contributed by atoms with E-state index in [0.717, 1.165) is 50.1 Å². The van der Waals surface area contributed by atoms with Gasteiger partial charge < -0.3 is 5.32 Å². The molecule has 0 bridgehead atoms. The predicted octanol–water partition coefficient (Wildman–Crippen LogP) is 1.24. The van der Waals surface area contributed by atoms with Gasteiger partial charge in [0, 0.05) is 38.1 Å². The van der Waals surface area contributed by atoms with Gasteiger partial charge >= 0.3 is 0 Å². The topological polar surface area (TPSA) is 48.5 Å². The van der Waals surface area contributed by atoms with Gasteiger partial charge in [0.1, 0.15) is 0 Å². The summed E-state index contributed by atoms with van der Waals surface area (Å²) in [5.41, 5.74) is 1.34. The Bertz CT molecular complexity index is 570. The first-order valence-corrected chi connectivity index (χ1v) is 9.16. The van der Waals surface area contributed by atoms with Crippen molar-refractivity contribution < 1.29 is 4.79 Å². The van der Waals surface area contributed by atoms with Crippen LogP contribution in [0.4, 0.5) is 0 Å². The Balaban J connectivity index is 1.44. The highest BCUT2D eigenvalue weighted by Crippen LogP contribution is 2.36. The van der Waals surface area contributed by atoms with E-state index in [1.54, 1.807) is 11.3 Å². The van der Waals surface area contributed by atoms with E-state index >= 15 is 0 Å². The maximum Gasteiger partial charge on any atom is 0.234 e. The molecule has 1 aromatic rings. The maximum atomic E-state index is 11.8. The number of likely N-dealkylation sites (tertiary alicyclic amines) is 1. The Morgan fingerprint density at radius 3 is 3.09 bits per heavy atom. The fraction of sp³-hybridized carbons (Fsp3) is 0.750. The summed E-state index contributed by atoms with van der Waals surface area (Å²) in [5, 5.41) is 6.42. The molecule has 1 N–H and O–H groups in total. The second-order valence-electron chi connectivity index (χ2n) is 7.14.